The first-order valence-electron chi connectivity index (χ1n) is 12.0. The van der Waals surface area contributed by atoms with Crippen LogP contribution in [0.2, 0.25) is 0 Å². The van der Waals surface area contributed by atoms with Gasteiger partial charge in [-0.05, 0) is 55.3 Å². The Balaban J connectivity index is 1.58. The number of carbonyl (C=O) groups excluding carboxylic acids is 2. The number of anilines is 1. The van der Waals surface area contributed by atoms with E-state index in [1.807, 2.05) is 38.1 Å². The van der Waals surface area contributed by atoms with Crippen molar-refractivity contribution in [3.05, 3.63) is 71.8 Å². The summed E-state index contributed by atoms with van der Waals surface area (Å²) < 4.78 is 34.9. The van der Waals surface area contributed by atoms with Gasteiger partial charge < -0.3 is 15.0 Å². The smallest absolute Gasteiger partial charge is 0.409 e. The summed E-state index contributed by atoms with van der Waals surface area (Å²) in [6, 6.07) is 17.2. The number of rotatable bonds is 6. The number of nitrogens with one attached hydrogen (secondary N) is 2. The average molecular weight is 510 g/mol. The topological polar surface area (TPSA) is 105 Å². The Morgan fingerprint density at radius 3 is 2.47 bits per heavy atom. The van der Waals surface area contributed by atoms with Gasteiger partial charge in [-0.25, -0.2) is 17.9 Å². The lowest BCUT2D eigenvalue weighted by molar-refractivity contribution is 0.0846. The summed E-state index contributed by atoms with van der Waals surface area (Å²) >= 11 is 0. The second-order valence-electron chi connectivity index (χ2n) is 9.06. The van der Waals surface area contributed by atoms with E-state index in [0.717, 1.165) is 5.56 Å². The molecule has 3 aromatic carbocycles. The maximum Gasteiger partial charge on any atom is 0.409 e. The molecule has 9 heteroatoms. The van der Waals surface area contributed by atoms with Gasteiger partial charge in [-0.1, -0.05) is 49.4 Å². The van der Waals surface area contributed by atoms with E-state index in [9.17, 15) is 18.0 Å². The predicted octanol–water partition coefficient (Wildman–Crippen LogP) is 4.55. The monoisotopic (exact) mass is 509 g/mol. The molecule has 0 aromatic heterocycles. The minimum atomic E-state index is -3.89. The van der Waals surface area contributed by atoms with Crippen molar-refractivity contribution >= 4 is 38.5 Å². The third kappa shape index (κ3) is 5.37. The molecule has 8 nitrogen and oxygen atoms in total. The van der Waals surface area contributed by atoms with Crippen molar-refractivity contribution in [3.8, 4) is 0 Å². The second-order valence-corrected chi connectivity index (χ2v) is 10.7. The zero-order valence-electron chi connectivity index (χ0n) is 20.7. The molecule has 4 rings (SSSR count). The minimum Gasteiger partial charge on any atom is -0.450 e. The largest absolute Gasteiger partial charge is 0.450 e. The first-order valence-corrected chi connectivity index (χ1v) is 13.5. The number of hydrogen-bond donors (Lipinski definition) is 2. The number of carbonyl (C=O) groups is 2. The van der Waals surface area contributed by atoms with Crippen LogP contribution in [0.5, 0.6) is 0 Å². The van der Waals surface area contributed by atoms with Crippen molar-refractivity contribution in [2.45, 2.75) is 38.1 Å². The number of aryl methyl sites for hydroxylation is 1. The molecule has 0 bridgehead atoms. The highest BCUT2D eigenvalue weighted by atomic mass is 32.2. The molecule has 2 atom stereocenters. The Morgan fingerprint density at radius 2 is 1.75 bits per heavy atom. The summed E-state index contributed by atoms with van der Waals surface area (Å²) in [7, 11) is -3.89. The molecule has 0 spiro atoms. The number of fused-ring (bicyclic) bond motifs is 1. The first kappa shape index (κ1) is 25.7. The van der Waals surface area contributed by atoms with Crippen LogP contribution in [0.25, 0.3) is 10.8 Å². The van der Waals surface area contributed by atoms with E-state index in [1.54, 1.807) is 48.2 Å². The molecule has 2 unspecified atom stereocenters. The summed E-state index contributed by atoms with van der Waals surface area (Å²) in [5.74, 6) is -0.402. The van der Waals surface area contributed by atoms with E-state index >= 15 is 0 Å². The molecule has 0 saturated carbocycles. The second kappa shape index (κ2) is 10.7. The number of piperidine rings is 1. The van der Waals surface area contributed by atoms with Gasteiger partial charge in [0.15, 0.2) is 0 Å². The van der Waals surface area contributed by atoms with Crippen LogP contribution in [0, 0.1) is 12.8 Å². The lowest BCUT2D eigenvalue weighted by Gasteiger charge is -2.36. The molecule has 1 heterocycles. The standard InChI is InChI=1S/C27H31N3O5S/c1-4-35-27(32)30-16-15-24(19(3)17-30)29-36(33,34)25-14-8-10-20-21(25)11-7-12-22(20)26(31)28-23-13-6-5-9-18(23)2/h5-14,19,24,29H,4,15-17H2,1-3H3,(H,28,31). The average Bonchev–Trinajstić information content (AvgIpc) is 2.86. The minimum absolute atomic E-state index is 0.0941. The van der Waals surface area contributed by atoms with Crippen molar-refractivity contribution in [3.63, 3.8) is 0 Å². The van der Waals surface area contributed by atoms with Gasteiger partial charge in [0.05, 0.1) is 11.5 Å². The lowest BCUT2D eigenvalue weighted by Crippen LogP contribution is -2.51. The van der Waals surface area contributed by atoms with E-state index in [0.29, 0.717) is 48.1 Å². The fourth-order valence-electron chi connectivity index (χ4n) is 4.58. The predicted molar refractivity (Wildman–Crippen MR) is 140 cm³/mol. The molecule has 1 fully saturated rings. The Bertz CT molecular complexity index is 1390. The third-order valence-corrected chi connectivity index (χ3v) is 8.10. The summed E-state index contributed by atoms with van der Waals surface area (Å²) in [6.07, 6.45) is 0.102. The zero-order chi connectivity index (χ0) is 25.9. The van der Waals surface area contributed by atoms with Crippen LogP contribution in [0.3, 0.4) is 0 Å². The Labute approximate surface area is 211 Å². The number of likely N-dealkylation sites (tertiary alicyclic amines) is 1. The third-order valence-electron chi connectivity index (χ3n) is 6.55. The molecule has 2 N–H and O–H groups in total. The van der Waals surface area contributed by atoms with E-state index < -0.39 is 10.0 Å². The zero-order valence-corrected chi connectivity index (χ0v) is 21.5. The van der Waals surface area contributed by atoms with Crippen LogP contribution >= 0.6 is 0 Å². The van der Waals surface area contributed by atoms with Crippen LogP contribution in [0.1, 0.15) is 36.2 Å². The highest BCUT2D eigenvalue weighted by molar-refractivity contribution is 7.89. The number of para-hydroxylation sites is 1. The maximum atomic E-state index is 13.5. The van der Waals surface area contributed by atoms with Crippen molar-refractivity contribution in [2.24, 2.45) is 5.92 Å². The van der Waals surface area contributed by atoms with Crippen LogP contribution in [-0.4, -0.2) is 51.1 Å². The van der Waals surface area contributed by atoms with Gasteiger partial charge in [0.25, 0.3) is 5.91 Å². The van der Waals surface area contributed by atoms with E-state index in [4.69, 9.17) is 4.74 Å². The molecule has 36 heavy (non-hydrogen) atoms. The van der Waals surface area contributed by atoms with Crippen LogP contribution in [0.15, 0.2) is 65.6 Å². The van der Waals surface area contributed by atoms with Gasteiger partial charge in [-0.3, -0.25) is 4.79 Å². The quantitative estimate of drug-likeness (QED) is 0.507. The number of sulfonamides is 1. The molecular weight excluding hydrogens is 478 g/mol. The molecule has 1 saturated heterocycles. The molecule has 3 aromatic rings. The van der Waals surface area contributed by atoms with Crippen LogP contribution in [-0.2, 0) is 14.8 Å². The molecule has 190 valence electrons. The maximum absolute atomic E-state index is 13.5. The van der Waals surface area contributed by atoms with Crippen LogP contribution in [0.4, 0.5) is 10.5 Å². The van der Waals surface area contributed by atoms with E-state index in [2.05, 4.69) is 10.0 Å². The van der Waals surface area contributed by atoms with Crippen molar-refractivity contribution in [2.75, 3.05) is 25.0 Å². The van der Waals surface area contributed by atoms with Crippen LogP contribution < -0.4 is 10.0 Å². The first-order chi connectivity index (χ1) is 17.2. The Hall–Kier alpha value is -3.43. The number of ether oxygens (including phenoxy) is 1. The molecule has 1 aliphatic heterocycles. The van der Waals surface area contributed by atoms with E-state index in [-0.39, 0.29) is 28.9 Å². The summed E-state index contributed by atoms with van der Waals surface area (Å²) in [6.45, 7) is 6.69. The van der Waals surface area contributed by atoms with Gasteiger partial charge in [0.2, 0.25) is 10.0 Å². The Kier molecular flexibility index (Phi) is 7.61. The summed E-state index contributed by atoms with van der Waals surface area (Å²) in [5.41, 5.74) is 2.03. The number of benzene rings is 3. The van der Waals surface area contributed by atoms with Gasteiger partial charge in [0.1, 0.15) is 0 Å². The molecule has 0 radical (unpaired) electrons. The fraction of sp³-hybridized carbons (Fsp3) is 0.333. The number of nitrogens with zero attached hydrogens (tertiary/aromatic N) is 1. The van der Waals surface area contributed by atoms with Crippen molar-refractivity contribution in [1.82, 2.24) is 9.62 Å². The summed E-state index contributed by atoms with van der Waals surface area (Å²) in [4.78, 5) is 26.9. The summed E-state index contributed by atoms with van der Waals surface area (Å²) in [5, 5.41) is 3.95. The van der Waals surface area contributed by atoms with Gasteiger partial charge in [0, 0.05) is 35.8 Å². The highest BCUT2D eigenvalue weighted by Crippen LogP contribution is 2.28. The molecule has 1 aliphatic rings. The number of hydrogen-bond acceptors (Lipinski definition) is 5. The van der Waals surface area contributed by atoms with Gasteiger partial charge in [-0.2, -0.15) is 0 Å². The fourth-order valence-corrected chi connectivity index (χ4v) is 6.18. The van der Waals surface area contributed by atoms with Gasteiger partial charge >= 0.3 is 6.09 Å². The normalized spacial score (nSPS) is 18.1. The van der Waals surface area contributed by atoms with Gasteiger partial charge in [-0.15, -0.1) is 0 Å². The Morgan fingerprint density at radius 1 is 1.03 bits per heavy atom. The van der Waals surface area contributed by atoms with Crippen molar-refractivity contribution in [1.29, 1.82) is 0 Å². The van der Waals surface area contributed by atoms with E-state index in [1.165, 1.54) is 0 Å². The SMILES string of the molecule is CCOC(=O)N1CCC(NS(=O)(=O)c2cccc3c(C(=O)Nc4ccccc4C)cccc23)C(C)C1. The lowest BCUT2D eigenvalue weighted by atomic mass is 9.95. The molecule has 0 aliphatic carbocycles. The molecule has 2 amide bonds. The number of amides is 2. The highest BCUT2D eigenvalue weighted by Gasteiger charge is 2.33. The molecular formula is C27H31N3O5S. The van der Waals surface area contributed by atoms with Crippen molar-refractivity contribution < 1.29 is 22.7 Å².